The second kappa shape index (κ2) is 11.2. The van der Waals surface area contributed by atoms with Gasteiger partial charge in [-0.1, -0.05) is 30.7 Å². The molecule has 3 aromatic rings. The van der Waals surface area contributed by atoms with E-state index < -0.39 is 18.2 Å². The minimum absolute atomic E-state index is 0.121. The predicted molar refractivity (Wildman–Crippen MR) is 148 cm³/mol. The number of rotatable bonds is 10. The molecule has 5 heterocycles. The van der Waals surface area contributed by atoms with E-state index in [0.717, 1.165) is 60.1 Å². The first-order chi connectivity index (χ1) is 19.0. The SMILES string of the molecule is CC1CCc2ccc(CCCCC(F)C3CCN(C(C(=O)O)c4cccc5cnn(C6COC6)c45)C3)nc2N1. The summed E-state index contributed by atoms with van der Waals surface area (Å²) in [6.45, 7) is 4.37. The highest BCUT2D eigenvalue weighted by Crippen LogP contribution is 2.36. The maximum atomic E-state index is 15.3. The molecule has 9 heteroatoms. The number of aromatic nitrogens is 3. The minimum Gasteiger partial charge on any atom is -0.480 e. The number of alkyl halides is 1. The number of hydrogen-bond acceptors (Lipinski definition) is 6. The second-order valence-corrected chi connectivity index (χ2v) is 11.5. The number of halogens is 1. The molecule has 8 nitrogen and oxygen atoms in total. The first-order valence-electron chi connectivity index (χ1n) is 14.4. The average molecular weight is 536 g/mol. The van der Waals surface area contributed by atoms with Gasteiger partial charge in [0.25, 0.3) is 0 Å². The zero-order valence-electron chi connectivity index (χ0n) is 22.6. The van der Waals surface area contributed by atoms with E-state index in [2.05, 4.69) is 29.5 Å². The lowest BCUT2D eigenvalue weighted by molar-refractivity contribution is -0.143. The summed E-state index contributed by atoms with van der Waals surface area (Å²) in [4.78, 5) is 19.3. The number of benzene rings is 1. The van der Waals surface area contributed by atoms with Crippen molar-refractivity contribution in [1.29, 1.82) is 0 Å². The molecule has 4 atom stereocenters. The Kier molecular flexibility index (Phi) is 7.53. The third kappa shape index (κ3) is 5.39. The van der Waals surface area contributed by atoms with Crippen LogP contribution in [0.2, 0.25) is 0 Å². The number of hydrogen-bond donors (Lipinski definition) is 2. The van der Waals surface area contributed by atoms with E-state index in [1.807, 2.05) is 27.8 Å². The molecular formula is C30H38FN5O3. The number of anilines is 1. The molecule has 0 radical (unpaired) electrons. The molecule has 0 spiro atoms. The molecule has 0 saturated carbocycles. The van der Waals surface area contributed by atoms with E-state index in [1.165, 1.54) is 5.56 Å². The average Bonchev–Trinajstić information content (AvgIpc) is 3.54. The summed E-state index contributed by atoms with van der Waals surface area (Å²) in [5.41, 5.74) is 3.91. The molecule has 208 valence electrons. The van der Waals surface area contributed by atoms with Crippen molar-refractivity contribution in [3.05, 3.63) is 53.3 Å². The van der Waals surface area contributed by atoms with Crippen LogP contribution < -0.4 is 5.32 Å². The molecule has 39 heavy (non-hydrogen) atoms. The molecular weight excluding hydrogens is 497 g/mol. The Bertz CT molecular complexity index is 1330. The zero-order valence-corrected chi connectivity index (χ0v) is 22.6. The largest absolute Gasteiger partial charge is 0.480 e. The molecule has 2 fully saturated rings. The van der Waals surface area contributed by atoms with Crippen molar-refractivity contribution in [2.24, 2.45) is 5.92 Å². The van der Waals surface area contributed by atoms with Gasteiger partial charge in [-0.15, -0.1) is 0 Å². The second-order valence-electron chi connectivity index (χ2n) is 11.5. The van der Waals surface area contributed by atoms with E-state index >= 15 is 4.39 Å². The fraction of sp³-hybridized carbons (Fsp3) is 0.567. The van der Waals surface area contributed by atoms with Crippen LogP contribution in [-0.4, -0.2) is 69.3 Å². The molecule has 0 bridgehead atoms. The van der Waals surface area contributed by atoms with Crippen LogP contribution in [0.5, 0.6) is 0 Å². The Morgan fingerprint density at radius 2 is 2.10 bits per heavy atom. The van der Waals surface area contributed by atoms with Gasteiger partial charge < -0.3 is 15.2 Å². The summed E-state index contributed by atoms with van der Waals surface area (Å²) in [6, 6.07) is 9.75. The van der Waals surface area contributed by atoms with Gasteiger partial charge in [0.15, 0.2) is 0 Å². The van der Waals surface area contributed by atoms with E-state index in [4.69, 9.17) is 9.72 Å². The Labute approximate surface area is 228 Å². The lowest BCUT2D eigenvalue weighted by Gasteiger charge is -2.29. The molecule has 2 aromatic heterocycles. The van der Waals surface area contributed by atoms with Crippen molar-refractivity contribution in [3.63, 3.8) is 0 Å². The van der Waals surface area contributed by atoms with Crippen molar-refractivity contribution >= 4 is 22.7 Å². The highest BCUT2D eigenvalue weighted by Gasteiger charge is 2.38. The molecule has 3 aliphatic rings. The van der Waals surface area contributed by atoms with Gasteiger partial charge in [0.1, 0.15) is 18.0 Å². The molecule has 2 saturated heterocycles. The number of carboxylic acid groups (broad SMARTS) is 1. The topological polar surface area (TPSA) is 92.5 Å². The van der Waals surface area contributed by atoms with Crippen LogP contribution >= 0.6 is 0 Å². The van der Waals surface area contributed by atoms with Crippen LogP contribution in [0.15, 0.2) is 36.5 Å². The van der Waals surface area contributed by atoms with Gasteiger partial charge >= 0.3 is 5.97 Å². The summed E-state index contributed by atoms with van der Waals surface area (Å²) < 4.78 is 22.6. The number of ether oxygens (including phenoxy) is 1. The molecule has 0 aliphatic carbocycles. The van der Waals surface area contributed by atoms with E-state index in [-0.39, 0.29) is 12.0 Å². The summed E-state index contributed by atoms with van der Waals surface area (Å²) in [5, 5.41) is 19.2. The first kappa shape index (κ1) is 26.2. The van der Waals surface area contributed by atoms with Crippen molar-refractivity contribution in [2.75, 3.05) is 31.6 Å². The lowest BCUT2D eigenvalue weighted by atomic mass is 9.97. The normalized spacial score (nSPS) is 23.2. The van der Waals surface area contributed by atoms with Gasteiger partial charge in [0.05, 0.1) is 31.0 Å². The van der Waals surface area contributed by atoms with Crippen molar-refractivity contribution in [2.45, 2.75) is 76.2 Å². The standard InChI is InChI=1S/C30H38FN5O3/c1-19-9-10-20-11-12-23(34-29(20)33-19)6-2-3-8-26(31)22-13-14-35(16-22)28(30(37)38)25-7-4-5-21-15-32-36(27(21)25)24-17-39-18-24/h4-5,7,11-12,15,19,22,24,26,28H,2-3,6,8-10,13-14,16-18H2,1H3,(H,33,34)(H,37,38). The van der Waals surface area contributed by atoms with Crippen LogP contribution in [0.4, 0.5) is 10.2 Å². The van der Waals surface area contributed by atoms with Gasteiger partial charge in [0, 0.05) is 35.1 Å². The number of carboxylic acids is 1. The van der Waals surface area contributed by atoms with Crippen LogP contribution in [0.1, 0.15) is 67.9 Å². The number of likely N-dealkylation sites (tertiary alicyclic amines) is 1. The van der Waals surface area contributed by atoms with Gasteiger partial charge in [-0.2, -0.15) is 5.10 Å². The number of nitrogens with zero attached hydrogens (tertiary/aromatic N) is 4. The number of fused-ring (bicyclic) bond motifs is 2. The Morgan fingerprint density at radius 3 is 2.90 bits per heavy atom. The summed E-state index contributed by atoms with van der Waals surface area (Å²) in [7, 11) is 0. The molecule has 4 unspecified atom stereocenters. The molecule has 6 rings (SSSR count). The van der Waals surface area contributed by atoms with Crippen LogP contribution in [0.25, 0.3) is 10.9 Å². The van der Waals surface area contributed by atoms with Crippen molar-refractivity contribution < 1.29 is 19.0 Å². The Balaban J connectivity index is 1.06. The number of para-hydroxylation sites is 1. The number of nitrogens with one attached hydrogen (secondary N) is 1. The summed E-state index contributed by atoms with van der Waals surface area (Å²) in [5.74, 6) is -0.0467. The zero-order chi connectivity index (χ0) is 26.9. The molecule has 3 aliphatic heterocycles. The van der Waals surface area contributed by atoms with Crippen molar-refractivity contribution in [1.82, 2.24) is 19.7 Å². The van der Waals surface area contributed by atoms with Gasteiger partial charge in [-0.25, -0.2) is 9.37 Å². The summed E-state index contributed by atoms with van der Waals surface area (Å²) >= 11 is 0. The smallest absolute Gasteiger partial charge is 0.325 e. The predicted octanol–water partition coefficient (Wildman–Crippen LogP) is 4.95. The first-order valence-corrected chi connectivity index (χ1v) is 14.4. The minimum atomic E-state index is -0.933. The molecule has 2 N–H and O–H groups in total. The molecule has 1 aromatic carbocycles. The number of aliphatic carboxylic acids is 1. The van der Waals surface area contributed by atoms with Gasteiger partial charge in [-0.05, 0) is 63.6 Å². The fourth-order valence-electron chi connectivity index (χ4n) is 6.38. The van der Waals surface area contributed by atoms with Crippen LogP contribution in [-0.2, 0) is 22.4 Å². The quantitative estimate of drug-likeness (QED) is 0.355. The monoisotopic (exact) mass is 535 g/mol. The van der Waals surface area contributed by atoms with E-state index in [9.17, 15) is 9.90 Å². The highest BCUT2D eigenvalue weighted by molar-refractivity contribution is 5.88. The van der Waals surface area contributed by atoms with Gasteiger partial charge in [0.2, 0.25) is 0 Å². The number of pyridine rings is 1. The van der Waals surface area contributed by atoms with E-state index in [0.29, 0.717) is 45.2 Å². The Hall–Kier alpha value is -3.04. The summed E-state index contributed by atoms with van der Waals surface area (Å²) in [6.07, 6.45) is 6.76. The number of unbranched alkanes of at least 4 members (excludes halogenated alkanes) is 1. The molecule has 0 amide bonds. The third-order valence-corrected chi connectivity index (χ3v) is 8.71. The van der Waals surface area contributed by atoms with E-state index in [1.54, 1.807) is 6.20 Å². The van der Waals surface area contributed by atoms with Crippen molar-refractivity contribution in [3.8, 4) is 0 Å². The third-order valence-electron chi connectivity index (χ3n) is 8.71. The maximum Gasteiger partial charge on any atom is 0.325 e. The number of aryl methyl sites for hydroxylation is 2. The number of carbonyl (C=O) groups is 1. The highest BCUT2D eigenvalue weighted by atomic mass is 19.1. The van der Waals surface area contributed by atoms with Crippen LogP contribution in [0, 0.1) is 5.92 Å². The lowest BCUT2D eigenvalue weighted by Crippen LogP contribution is -2.35. The van der Waals surface area contributed by atoms with Gasteiger partial charge in [-0.3, -0.25) is 14.4 Å². The fourth-order valence-corrected chi connectivity index (χ4v) is 6.38. The maximum absolute atomic E-state index is 15.3. The van der Waals surface area contributed by atoms with Crippen LogP contribution in [0.3, 0.4) is 0 Å². The Morgan fingerprint density at radius 1 is 1.23 bits per heavy atom.